The summed E-state index contributed by atoms with van der Waals surface area (Å²) in [5.41, 5.74) is 6.44. The number of hydrogen-bond donors (Lipinski definition) is 1. The van der Waals surface area contributed by atoms with Crippen LogP contribution in [0.4, 0.5) is 5.69 Å². The molecule has 0 saturated carbocycles. The first kappa shape index (κ1) is 27.0. The predicted molar refractivity (Wildman–Crippen MR) is 151 cm³/mol. The van der Waals surface area contributed by atoms with Crippen molar-refractivity contribution in [2.75, 3.05) is 17.1 Å². The molecule has 1 N–H and O–H groups in total. The van der Waals surface area contributed by atoms with Gasteiger partial charge in [-0.2, -0.15) is 5.10 Å². The van der Waals surface area contributed by atoms with Gasteiger partial charge in [0.2, 0.25) is 10.0 Å². The van der Waals surface area contributed by atoms with Crippen molar-refractivity contribution in [3.63, 3.8) is 0 Å². The third kappa shape index (κ3) is 6.62. The van der Waals surface area contributed by atoms with E-state index in [0.29, 0.717) is 22.2 Å². The van der Waals surface area contributed by atoms with Crippen LogP contribution in [0.1, 0.15) is 17.0 Å². The fraction of sp³-hybridized carbons (Fsp3) is 0.143. The largest absolute Gasteiger partial charge is 0.457 e. The van der Waals surface area contributed by atoms with E-state index in [2.05, 4.69) is 15.1 Å². The lowest BCUT2D eigenvalue weighted by Gasteiger charge is -2.21. The summed E-state index contributed by atoms with van der Waals surface area (Å²) in [5, 5.41) is 4.71. The molecule has 10 heteroatoms. The van der Waals surface area contributed by atoms with E-state index >= 15 is 0 Å². The highest BCUT2D eigenvalue weighted by atomic mass is 35.5. The molecule has 0 aliphatic carbocycles. The summed E-state index contributed by atoms with van der Waals surface area (Å²) in [5.74, 6) is 0.618. The number of aromatic nitrogens is 1. The van der Waals surface area contributed by atoms with Gasteiger partial charge in [-0.3, -0.25) is 9.10 Å². The second-order valence-electron chi connectivity index (χ2n) is 8.61. The Balaban J connectivity index is 1.43. The van der Waals surface area contributed by atoms with Crippen LogP contribution in [0.3, 0.4) is 0 Å². The Morgan fingerprint density at radius 1 is 1.00 bits per heavy atom. The Bertz CT molecular complexity index is 1550. The van der Waals surface area contributed by atoms with Gasteiger partial charge in [-0.25, -0.2) is 13.8 Å². The molecule has 38 heavy (non-hydrogen) atoms. The van der Waals surface area contributed by atoms with Gasteiger partial charge < -0.3 is 9.30 Å². The molecule has 0 aliphatic rings. The van der Waals surface area contributed by atoms with Crippen LogP contribution < -0.4 is 14.5 Å². The van der Waals surface area contributed by atoms with Gasteiger partial charge in [0, 0.05) is 27.7 Å². The number of benzene rings is 3. The summed E-state index contributed by atoms with van der Waals surface area (Å²) in [6.45, 7) is 3.48. The van der Waals surface area contributed by atoms with Gasteiger partial charge >= 0.3 is 0 Å². The quantitative estimate of drug-likeness (QED) is 0.221. The van der Waals surface area contributed by atoms with Gasteiger partial charge in [0.25, 0.3) is 5.91 Å². The molecule has 196 valence electrons. The van der Waals surface area contributed by atoms with Gasteiger partial charge in [-0.05, 0) is 80.6 Å². The second kappa shape index (κ2) is 11.5. The normalized spacial score (nSPS) is 11.5. The number of amides is 1. The van der Waals surface area contributed by atoms with Gasteiger partial charge in [-0.1, -0.05) is 29.8 Å². The number of sulfonamides is 1. The number of ether oxygens (including phenoxy) is 1. The van der Waals surface area contributed by atoms with Crippen molar-refractivity contribution in [3.05, 3.63) is 107 Å². The molecule has 0 atom stereocenters. The standard InChI is InChI=1S/C28H27ClN4O4S/c1-20-17-22(21(2)33(20)25-11-9-23(29)10-12-25)18-30-31-28(34)19-32(38(3,35)36)24-13-15-27(16-14-24)37-26-7-5-4-6-8-26/h4-18H,19H2,1-3H3,(H,31,34)/b30-18+. The van der Waals surface area contributed by atoms with Crippen molar-refractivity contribution in [1.29, 1.82) is 0 Å². The van der Waals surface area contributed by atoms with E-state index in [1.165, 1.54) is 6.21 Å². The Morgan fingerprint density at radius 2 is 1.63 bits per heavy atom. The van der Waals surface area contributed by atoms with Crippen molar-refractivity contribution in [3.8, 4) is 17.2 Å². The molecule has 0 spiro atoms. The molecule has 0 unspecified atom stereocenters. The van der Waals surface area contributed by atoms with Crippen LogP contribution in [0.5, 0.6) is 11.5 Å². The molecule has 1 amide bonds. The third-order valence-electron chi connectivity index (χ3n) is 5.74. The van der Waals surface area contributed by atoms with Crippen LogP contribution in [-0.4, -0.2) is 37.9 Å². The van der Waals surface area contributed by atoms with Crippen LogP contribution in [-0.2, 0) is 14.8 Å². The van der Waals surface area contributed by atoms with Crippen LogP contribution in [0.2, 0.25) is 5.02 Å². The molecule has 8 nitrogen and oxygen atoms in total. The zero-order valence-electron chi connectivity index (χ0n) is 21.1. The van der Waals surface area contributed by atoms with Crippen molar-refractivity contribution in [2.24, 2.45) is 5.10 Å². The minimum absolute atomic E-state index is 0.332. The van der Waals surface area contributed by atoms with Gasteiger partial charge in [-0.15, -0.1) is 0 Å². The maximum atomic E-state index is 12.6. The number of hydrogen-bond acceptors (Lipinski definition) is 5. The molecule has 0 fully saturated rings. The van der Waals surface area contributed by atoms with Gasteiger partial charge in [0.15, 0.2) is 0 Å². The Labute approximate surface area is 227 Å². The highest BCUT2D eigenvalue weighted by molar-refractivity contribution is 7.92. The lowest BCUT2D eigenvalue weighted by Crippen LogP contribution is -2.39. The van der Waals surface area contributed by atoms with Crippen LogP contribution in [0, 0.1) is 13.8 Å². The smallest absolute Gasteiger partial charge is 0.260 e. The van der Waals surface area contributed by atoms with E-state index in [4.69, 9.17) is 16.3 Å². The zero-order valence-corrected chi connectivity index (χ0v) is 22.7. The highest BCUT2D eigenvalue weighted by Gasteiger charge is 2.21. The van der Waals surface area contributed by atoms with Crippen molar-refractivity contribution < 1.29 is 17.9 Å². The maximum Gasteiger partial charge on any atom is 0.260 e. The van der Waals surface area contributed by atoms with Crippen LogP contribution >= 0.6 is 11.6 Å². The van der Waals surface area contributed by atoms with Crippen molar-refractivity contribution in [1.82, 2.24) is 9.99 Å². The van der Waals surface area contributed by atoms with E-state index in [-0.39, 0.29) is 0 Å². The number of nitrogens with zero attached hydrogens (tertiary/aromatic N) is 3. The summed E-state index contributed by atoms with van der Waals surface area (Å²) < 4.78 is 33.7. The van der Waals surface area contributed by atoms with Gasteiger partial charge in [0.1, 0.15) is 18.0 Å². The first-order chi connectivity index (χ1) is 18.1. The van der Waals surface area contributed by atoms with E-state index < -0.39 is 22.5 Å². The predicted octanol–water partition coefficient (Wildman–Crippen LogP) is 5.46. The molecule has 1 heterocycles. The zero-order chi connectivity index (χ0) is 27.3. The number of nitrogens with one attached hydrogen (secondary N) is 1. The molecule has 0 aliphatic heterocycles. The van der Waals surface area contributed by atoms with Crippen molar-refractivity contribution >= 4 is 39.4 Å². The number of carbonyl (C=O) groups excluding carboxylic acids is 1. The SMILES string of the molecule is Cc1cc(/C=N/NC(=O)CN(c2ccc(Oc3ccccc3)cc2)S(C)(=O)=O)c(C)n1-c1ccc(Cl)cc1. The summed E-state index contributed by atoms with van der Waals surface area (Å²) in [7, 11) is -3.74. The first-order valence-electron chi connectivity index (χ1n) is 11.7. The Morgan fingerprint density at radius 3 is 2.26 bits per heavy atom. The van der Waals surface area contributed by atoms with E-state index in [9.17, 15) is 13.2 Å². The minimum atomic E-state index is -3.74. The Kier molecular flexibility index (Phi) is 8.19. The van der Waals surface area contributed by atoms with Crippen molar-refractivity contribution in [2.45, 2.75) is 13.8 Å². The lowest BCUT2D eigenvalue weighted by atomic mass is 10.2. The molecule has 1 aromatic heterocycles. The van der Waals surface area contributed by atoms with Crippen LogP contribution in [0.25, 0.3) is 5.69 Å². The highest BCUT2D eigenvalue weighted by Crippen LogP contribution is 2.25. The molecular formula is C28H27ClN4O4S. The fourth-order valence-electron chi connectivity index (χ4n) is 3.95. The molecule has 4 aromatic rings. The molecule has 4 rings (SSSR count). The summed E-state index contributed by atoms with van der Waals surface area (Å²) in [6.07, 6.45) is 2.58. The summed E-state index contributed by atoms with van der Waals surface area (Å²) in [6, 6.07) is 25.1. The lowest BCUT2D eigenvalue weighted by molar-refractivity contribution is -0.119. The Hall–Kier alpha value is -4.08. The number of anilines is 1. The maximum absolute atomic E-state index is 12.6. The number of rotatable bonds is 9. The van der Waals surface area contributed by atoms with E-state index in [0.717, 1.165) is 33.2 Å². The molecule has 3 aromatic carbocycles. The fourth-order valence-corrected chi connectivity index (χ4v) is 4.93. The molecule has 0 radical (unpaired) electrons. The molecule has 0 saturated heterocycles. The molecule has 0 bridgehead atoms. The number of carbonyl (C=O) groups is 1. The summed E-state index contributed by atoms with van der Waals surface area (Å²) >= 11 is 6.00. The van der Waals surface area contributed by atoms with Crippen LogP contribution in [0.15, 0.2) is 90.0 Å². The number of halogens is 1. The number of para-hydroxylation sites is 1. The summed E-state index contributed by atoms with van der Waals surface area (Å²) in [4.78, 5) is 12.6. The average molecular weight is 551 g/mol. The van der Waals surface area contributed by atoms with Gasteiger partial charge in [0.05, 0.1) is 18.2 Å². The first-order valence-corrected chi connectivity index (χ1v) is 13.9. The minimum Gasteiger partial charge on any atom is -0.457 e. The third-order valence-corrected chi connectivity index (χ3v) is 7.13. The van der Waals surface area contributed by atoms with E-state index in [1.54, 1.807) is 24.3 Å². The average Bonchev–Trinajstić information content (AvgIpc) is 3.16. The van der Waals surface area contributed by atoms with E-state index in [1.807, 2.05) is 74.5 Å². The number of hydrazone groups is 1. The molecular weight excluding hydrogens is 524 g/mol. The topological polar surface area (TPSA) is 93.0 Å². The number of aryl methyl sites for hydroxylation is 1. The monoisotopic (exact) mass is 550 g/mol. The second-order valence-corrected chi connectivity index (χ2v) is 11.0.